The summed E-state index contributed by atoms with van der Waals surface area (Å²) in [4.78, 5) is 0. The molecule has 6 unspecified atom stereocenters. The number of allylic oxidation sites excluding steroid dienone is 7. The molecule has 6 atom stereocenters. The van der Waals surface area contributed by atoms with E-state index in [1.807, 2.05) is 0 Å². The van der Waals surface area contributed by atoms with Crippen molar-refractivity contribution in [2.75, 3.05) is 6.54 Å². The van der Waals surface area contributed by atoms with Gasteiger partial charge in [0.2, 0.25) is 0 Å². The molecule has 1 heteroatoms. The maximum Gasteiger partial charge on any atom is 0.0334 e. The summed E-state index contributed by atoms with van der Waals surface area (Å²) >= 11 is 0. The minimum absolute atomic E-state index is 0.525. The van der Waals surface area contributed by atoms with Gasteiger partial charge in [-0.25, -0.2) is 0 Å². The van der Waals surface area contributed by atoms with Gasteiger partial charge in [-0.2, -0.15) is 0 Å². The standard InChI is InChI=1S/C47H47N/c1-2-31-20-21-35-30-37(23-22-34(35)28-31)46-42-12-3-5-14-44(42)47(45-15-6-4-13-43(45)46)41-19-9-17-39-38(16-8-18-40(39)41)36-11-7-10-33(29-36)32-24-26-48-27-25-32/h3-5,7,9-14,19-26,28-30,38-41,45,47-48H,2,6,8,15-18,27H2,1H3. The second-order valence-electron chi connectivity index (χ2n) is 14.9. The zero-order valence-corrected chi connectivity index (χ0v) is 28.2. The highest BCUT2D eigenvalue weighted by atomic mass is 14.8. The van der Waals surface area contributed by atoms with Gasteiger partial charge >= 0.3 is 0 Å². The van der Waals surface area contributed by atoms with Crippen molar-refractivity contribution in [3.05, 3.63) is 167 Å². The minimum Gasteiger partial charge on any atom is -0.387 e. The third kappa shape index (κ3) is 5.14. The van der Waals surface area contributed by atoms with Gasteiger partial charge in [-0.15, -0.1) is 0 Å². The summed E-state index contributed by atoms with van der Waals surface area (Å²) in [5.41, 5.74) is 13.1. The highest BCUT2D eigenvalue weighted by Gasteiger charge is 2.46. The van der Waals surface area contributed by atoms with Gasteiger partial charge in [-0.3, -0.25) is 0 Å². The summed E-state index contributed by atoms with van der Waals surface area (Å²) in [5.74, 6) is 3.70. The van der Waals surface area contributed by atoms with E-state index in [4.69, 9.17) is 0 Å². The SMILES string of the molecule is CCc1ccc2cc(C3=C4C=CCCC4C(C4C=CCC5C(c6cccc(C7=CCNC=C7)c6)CCCC45)c4ccccc43)ccc2c1. The Labute approximate surface area is 286 Å². The molecule has 1 nitrogen and oxygen atoms in total. The molecule has 1 aliphatic heterocycles. The third-order valence-electron chi connectivity index (χ3n) is 12.5. The van der Waals surface area contributed by atoms with Crippen molar-refractivity contribution in [1.82, 2.24) is 5.32 Å². The van der Waals surface area contributed by atoms with Gasteiger partial charge in [0.25, 0.3) is 0 Å². The lowest BCUT2D eigenvalue weighted by atomic mass is 9.54. The Morgan fingerprint density at radius 2 is 1.67 bits per heavy atom. The fraction of sp³-hybridized carbons (Fsp3) is 0.319. The number of rotatable bonds is 5. The molecule has 4 aromatic rings. The molecule has 1 N–H and O–H groups in total. The normalized spacial score (nSPS) is 27.6. The highest BCUT2D eigenvalue weighted by Crippen LogP contribution is 2.58. The summed E-state index contributed by atoms with van der Waals surface area (Å²) in [5, 5.41) is 6.01. The topological polar surface area (TPSA) is 12.0 Å². The van der Waals surface area contributed by atoms with Crippen LogP contribution in [0.4, 0.5) is 0 Å². The molecule has 9 rings (SSSR count). The van der Waals surface area contributed by atoms with Crippen LogP contribution in [0, 0.1) is 23.7 Å². The van der Waals surface area contributed by atoms with Gasteiger partial charge in [0.05, 0.1) is 0 Å². The van der Waals surface area contributed by atoms with Crippen LogP contribution in [-0.2, 0) is 6.42 Å². The van der Waals surface area contributed by atoms with Crippen LogP contribution in [0.2, 0.25) is 0 Å². The summed E-state index contributed by atoms with van der Waals surface area (Å²) in [6, 6.07) is 33.3. The number of benzene rings is 4. The van der Waals surface area contributed by atoms with E-state index in [9.17, 15) is 0 Å². The van der Waals surface area contributed by atoms with Crippen molar-refractivity contribution in [3.63, 3.8) is 0 Å². The van der Waals surface area contributed by atoms with E-state index in [0.717, 1.165) is 18.9 Å². The molecular formula is C47H47N. The lowest BCUT2D eigenvalue weighted by Crippen LogP contribution is -2.39. The van der Waals surface area contributed by atoms with Crippen molar-refractivity contribution in [3.8, 4) is 0 Å². The highest BCUT2D eigenvalue weighted by molar-refractivity contribution is 5.93. The summed E-state index contributed by atoms with van der Waals surface area (Å²) in [6.45, 7) is 3.16. The molecule has 0 amide bonds. The molecule has 0 radical (unpaired) electrons. The first kappa shape index (κ1) is 29.8. The van der Waals surface area contributed by atoms with Crippen LogP contribution in [0.5, 0.6) is 0 Å². The van der Waals surface area contributed by atoms with Crippen LogP contribution < -0.4 is 5.32 Å². The Bertz CT molecular complexity index is 2020. The van der Waals surface area contributed by atoms with E-state index >= 15 is 0 Å². The summed E-state index contributed by atoms with van der Waals surface area (Å²) in [6.07, 6.45) is 25.6. The average molecular weight is 626 g/mol. The molecule has 4 aliphatic carbocycles. The van der Waals surface area contributed by atoms with Crippen molar-refractivity contribution in [2.45, 2.75) is 63.7 Å². The van der Waals surface area contributed by atoms with Crippen LogP contribution in [0.15, 0.2) is 133 Å². The number of hydrogen-bond donors (Lipinski definition) is 1. The van der Waals surface area contributed by atoms with Crippen molar-refractivity contribution in [2.24, 2.45) is 23.7 Å². The Hall–Kier alpha value is -4.36. The van der Waals surface area contributed by atoms with Crippen LogP contribution >= 0.6 is 0 Å². The van der Waals surface area contributed by atoms with Gasteiger partial charge < -0.3 is 5.32 Å². The fourth-order valence-electron chi connectivity index (χ4n) is 10.3. The quantitative estimate of drug-likeness (QED) is 0.218. The average Bonchev–Trinajstić information content (AvgIpc) is 3.16. The first-order valence-electron chi connectivity index (χ1n) is 18.7. The van der Waals surface area contributed by atoms with E-state index in [2.05, 4.69) is 140 Å². The molecule has 240 valence electrons. The molecule has 1 fully saturated rings. The first-order chi connectivity index (χ1) is 23.8. The Morgan fingerprint density at radius 1 is 0.750 bits per heavy atom. The van der Waals surface area contributed by atoms with Gasteiger partial charge in [-0.05, 0) is 153 Å². The van der Waals surface area contributed by atoms with E-state index in [-0.39, 0.29) is 0 Å². The predicted octanol–water partition coefficient (Wildman–Crippen LogP) is 11.5. The van der Waals surface area contributed by atoms with E-state index < -0.39 is 0 Å². The summed E-state index contributed by atoms with van der Waals surface area (Å²) in [7, 11) is 0. The van der Waals surface area contributed by atoms with Gasteiger partial charge in [0, 0.05) is 6.54 Å². The van der Waals surface area contributed by atoms with Gasteiger partial charge in [0.1, 0.15) is 0 Å². The summed E-state index contributed by atoms with van der Waals surface area (Å²) < 4.78 is 0. The molecular weight excluding hydrogens is 579 g/mol. The van der Waals surface area contributed by atoms with Gasteiger partial charge in [0.15, 0.2) is 0 Å². The Kier molecular flexibility index (Phi) is 7.80. The number of fused-ring (bicyclic) bond motifs is 4. The maximum atomic E-state index is 3.31. The van der Waals surface area contributed by atoms with Crippen LogP contribution in [-0.4, -0.2) is 6.54 Å². The zero-order valence-electron chi connectivity index (χ0n) is 28.2. The molecule has 1 heterocycles. The second kappa shape index (κ2) is 12.6. The largest absolute Gasteiger partial charge is 0.387 e. The second-order valence-corrected chi connectivity index (χ2v) is 14.9. The lowest BCUT2D eigenvalue weighted by Gasteiger charge is -2.50. The first-order valence-corrected chi connectivity index (χ1v) is 18.7. The molecule has 4 aromatic carbocycles. The predicted molar refractivity (Wildman–Crippen MR) is 203 cm³/mol. The van der Waals surface area contributed by atoms with Crippen molar-refractivity contribution >= 4 is 21.9 Å². The third-order valence-corrected chi connectivity index (χ3v) is 12.5. The molecule has 1 saturated carbocycles. The minimum atomic E-state index is 0.525. The molecule has 0 bridgehead atoms. The van der Waals surface area contributed by atoms with E-state index in [1.165, 1.54) is 82.7 Å². The fourth-order valence-corrected chi connectivity index (χ4v) is 10.3. The number of nitrogens with one attached hydrogen (secondary N) is 1. The maximum absolute atomic E-state index is 3.31. The zero-order chi connectivity index (χ0) is 32.0. The van der Waals surface area contributed by atoms with Crippen molar-refractivity contribution in [1.29, 1.82) is 0 Å². The molecule has 0 saturated heterocycles. The number of hydrogen-bond acceptors (Lipinski definition) is 1. The smallest absolute Gasteiger partial charge is 0.0334 e. The van der Waals surface area contributed by atoms with Gasteiger partial charge in [-0.1, -0.05) is 123 Å². The van der Waals surface area contributed by atoms with Crippen LogP contribution in [0.3, 0.4) is 0 Å². The Morgan fingerprint density at radius 3 is 2.58 bits per heavy atom. The lowest BCUT2D eigenvalue weighted by molar-refractivity contribution is 0.121. The Balaban J connectivity index is 1.10. The molecule has 5 aliphatic rings. The van der Waals surface area contributed by atoms with Crippen molar-refractivity contribution < 1.29 is 0 Å². The van der Waals surface area contributed by atoms with E-state index in [1.54, 1.807) is 16.7 Å². The van der Waals surface area contributed by atoms with Crippen LogP contribution in [0.25, 0.3) is 21.9 Å². The molecule has 0 aromatic heterocycles. The monoisotopic (exact) mass is 625 g/mol. The number of dihydropyridines is 1. The van der Waals surface area contributed by atoms with E-state index in [0.29, 0.717) is 29.6 Å². The van der Waals surface area contributed by atoms with Crippen LogP contribution in [0.1, 0.15) is 90.7 Å². The molecule has 0 spiro atoms. The molecule has 48 heavy (non-hydrogen) atoms. The number of aryl methyl sites for hydroxylation is 1.